The van der Waals surface area contributed by atoms with Crippen molar-refractivity contribution in [3.05, 3.63) is 101 Å². The van der Waals surface area contributed by atoms with E-state index in [1.54, 1.807) is 17.6 Å². The molecule has 0 bridgehead atoms. The van der Waals surface area contributed by atoms with Crippen LogP contribution in [0.15, 0.2) is 82.8 Å². The number of furan rings is 1. The Balaban J connectivity index is 1.44. The summed E-state index contributed by atoms with van der Waals surface area (Å²) >= 11 is 1.61. The lowest BCUT2D eigenvalue weighted by Crippen LogP contribution is -2.21. The number of aromatic nitrogens is 1. The van der Waals surface area contributed by atoms with E-state index in [4.69, 9.17) is 4.42 Å². The Hall–Kier alpha value is -2.89. The van der Waals surface area contributed by atoms with Crippen molar-refractivity contribution in [2.45, 2.75) is 19.5 Å². The predicted octanol–water partition coefficient (Wildman–Crippen LogP) is 5.67. The molecule has 0 saturated carbocycles. The van der Waals surface area contributed by atoms with Crippen molar-refractivity contribution < 1.29 is 4.42 Å². The topological polar surface area (TPSA) is 50.1 Å². The molecule has 27 heavy (non-hydrogen) atoms. The molecular formula is C22H21N3OS. The number of nitrogens with zero attached hydrogens (tertiary/aromatic N) is 1. The summed E-state index contributed by atoms with van der Waals surface area (Å²) in [5.41, 5.74) is 4.46. The maximum Gasteiger partial charge on any atom is 0.187 e. The molecule has 2 heterocycles. The number of hydrogen-bond acceptors (Lipinski definition) is 5. The first kappa shape index (κ1) is 17.5. The molecule has 4 rings (SSSR count). The minimum absolute atomic E-state index is 0.00333. The minimum atomic E-state index is -0.00333. The molecule has 2 N–H and O–H groups in total. The molecule has 0 fully saturated rings. The highest BCUT2D eigenvalue weighted by atomic mass is 32.1. The molecule has 0 unspecified atom stereocenters. The number of hydrogen-bond donors (Lipinski definition) is 2. The first-order chi connectivity index (χ1) is 13.3. The lowest BCUT2D eigenvalue weighted by atomic mass is 10.0. The zero-order valence-electron chi connectivity index (χ0n) is 15.1. The Bertz CT molecular complexity index is 962. The molecule has 2 aromatic heterocycles. The lowest BCUT2D eigenvalue weighted by Gasteiger charge is -2.16. The number of benzene rings is 2. The molecule has 2 aromatic carbocycles. The van der Waals surface area contributed by atoms with Crippen molar-refractivity contribution in [1.29, 1.82) is 0 Å². The predicted molar refractivity (Wildman–Crippen MR) is 110 cm³/mol. The first-order valence-corrected chi connectivity index (χ1v) is 9.76. The van der Waals surface area contributed by atoms with E-state index in [1.807, 2.05) is 30.3 Å². The Morgan fingerprint density at radius 2 is 1.81 bits per heavy atom. The first-order valence-electron chi connectivity index (χ1n) is 8.88. The number of thiazole rings is 1. The zero-order chi connectivity index (χ0) is 18.5. The molecule has 136 valence electrons. The fraction of sp³-hybridized carbons (Fsp3) is 0.136. The summed E-state index contributed by atoms with van der Waals surface area (Å²) in [4.78, 5) is 4.69. The van der Waals surface area contributed by atoms with Gasteiger partial charge in [0.25, 0.3) is 0 Å². The maximum absolute atomic E-state index is 5.64. The molecule has 4 aromatic rings. The van der Waals surface area contributed by atoms with Gasteiger partial charge in [0.05, 0.1) is 18.0 Å². The Morgan fingerprint density at radius 1 is 1.00 bits per heavy atom. The molecule has 1 atom stereocenters. The van der Waals surface area contributed by atoms with Crippen molar-refractivity contribution in [2.24, 2.45) is 0 Å². The van der Waals surface area contributed by atoms with E-state index < -0.39 is 0 Å². The van der Waals surface area contributed by atoms with Crippen LogP contribution in [0.3, 0.4) is 0 Å². The van der Waals surface area contributed by atoms with Gasteiger partial charge in [-0.2, -0.15) is 0 Å². The summed E-state index contributed by atoms with van der Waals surface area (Å²) in [5.74, 6) is 0.898. The van der Waals surface area contributed by atoms with E-state index in [0.29, 0.717) is 6.54 Å². The number of rotatable bonds is 7. The van der Waals surface area contributed by atoms with E-state index in [1.165, 1.54) is 11.1 Å². The highest BCUT2D eigenvalue weighted by Gasteiger charge is 2.16. The molecule has 0 spiro atoms. The van der Waals surface area contributed by atoms with Gasteiger partial charge in [-0.15, -0.1) is 11.3 Å². The van der Waals surface area contributed by atoms with Gasteiger partial charge in [-0.1, -0.05) is 48.0 Å². The van der Waals surface area contributed by atoms with Crippen molar-refractivity contribution in [3.63, 3.8) is 0 Å². The van der Waals surface area contributed by atoms with Crippen LogP contribution in [0, 0.1) is 6.92 Å². The maximum atomic E-state index is 5.64. The molecule has 0 aliphatic rings. The fourth-order valence-electron chi connectivity index (χ4n) is 2.90. The van der Waals surface area contributed by atoms with Crippen LogP contribution in [0.1, 0.15) is 28.6 Å². The Kier molecular flexibility index (Phi) is 5.32. The van der Waals surface area contributed by atoms with Crippen molar-refractivity contribution in [2.75, 3.05) is 5.32 Å². The summed E-state index contributed by atoms with van der Waals surface area (Å²) in [6.45, 7) is 2.74. The van der Waals surface area contributed by atoms with Crippen LogP contribution in [0.4, 0.5) is 10.8 Å². The quantitative estimate of drug-likeness (QED) is 0.437. The van der Waals surface area contributed by atoms with Gasteiger partial charge in [-0.3, -0.25) is 5.32 Å². The van der Waals surface area contributed by atoms with Crippen molar-refractivity contribution in [1.82, 2.24) is 10.3 Å². The molecule has 5 heteroatoms. The lowest BCUT2D eigenvalue weighted by molar-refractivity contribution is 0.444. The van der Waals surface area contributed by atoms with Crippen LogP contribution >= 0.6 is 11.3 Å². The fourth-order valence-corrected chi connectivity index (χ4v) is 3.63. The third kappa shape index (κ3) is 4.45. The van der Waals surface area contributed by atoms with Gasteiger partial charge < -0.3 is 9.73 Å². The molecule has 0 aliphatic heterocycles. The van der Waals surface area contributed by atoms with E-state index in [9.17, 15) is 0 Å². The SMILES string of the molecule is Cc1ccc(Nc2nc(CN[C@@H](c3ccccc3)c3ccco3)cs2)cc1. The number of nitrogens with one attached hydrogen (secondary N) is 2. The summed E-state index contributed by atoms with van der Waals surface area (Å²) in [6, 6.07) is 22.5. The van der Waals surface area contributed by atoms with E-state index in [2.05, 4.69) is 64.3 Å². The van der Waals surface area contributed by atoms with Crippen molar-refractivity contribution >= 4 is 22.2 Å². The largest absolute Gasteiger partial charge is 0.467 e. The highest BCUT2D eigenvalue weighted by molar-refractivity contribution is 7.13. The van der Waals surface area contributed by atoms with Crippen LogP contribution in [0.2, 0.25) is 0 Å². The summed E-state index contributed by atoms with van der Waals surface area (Å²) in [6.07, 6.45) is 1.71. The Morgan fingerprint density at radius 3 is 2.56 bits per heavy atom. The van der Waals surface area contributed by atoms with Gasteiger partial charge >= 0.3 is 0 Å². The minimum Gasteiger partial charge on any atom is -0.467 e. The van der Waals surface area contributed by atoms with Crippen LogP contribution in [-0.2, 0) is 6.54 Å². The van der Waals surface area contributed by atoms with Gasteiger partial charge in [0.1, 0.15) is 5.76 Å². The molecule has 4 nitrogen and oxygen atoms in total. The molecular weight excluding hydrogens is 354 g/mol. The highest BCUT2D eigenvalue weighted by Crippen LogP contribution is 2.25. The van der Waals surface area contributed by atoms with Crippen LogP contribution in [0.25, 0.3) is 0 Å². The summed E-state index contributed by atoms with van der Waals surface area (Å²) < 4.78 is 5.64. The van der Waals surface area contributed by atoms with Gasteiger partial charge in [0.15, 0.2) is 5.13 Å². The molecule has 0 amide bonds. The molecule has 0 saturated heterocycles. The van der Waals surface area contributed by atoms with E-state index >= 15 is 0 Å². The summed E-state index contributed by atoms with van der Waals surface area (Å²) in [7, 11) is 0. The smallest absolute Gasteiger partial charge is 0.187 e. The molecule has 0 aliphatic carbocycles. The summed E-state index contributed by atoms with van der Waals surface area (Å²) in [5, 5.41) is 9.89. The normalized spacial score (nSPS) is 12.0. The standard InChI is InChI=1S/C22H21N3OS/c1-16-9-11-18(12-10-16)24-22-25-19(15-27-22)14-23-21(20-8-5-13-26-20)17-6-3-2-4-7-17/h2-13,15,21,23H,14H2,1H3,(H,24,25)/t21-/m0/s1. The van der Waals surface area contributed by atoms with E-state index in [-0.39, 0.29) is 6.04 Å². The van der Waals surface area contributed by atoms with Crippen molar-refractivity contribution in [3.8, 4) is 0 Å². The molecule has 0 radical (unpaired) electrons. The third-order valence-electron chi connectivity index (χ3n) is 4.30. The van der Waals surface area contributed by atoms with E-state index in [0.717, 1.165) is 22.3 Å². The second-order valence-electron chi connectivity index (χ2n) is 6.38. The average molecular weight is 375 g/mol. The average Bonchev–Trinajstić information content (AvgIpc) is 3.37. The van der Waals surface area contributed by atoms with Gasteiger partial charge in [-0.05, 0) is 36.8 Å². The van der Waals surface area contributed by atoms with Gasteiger partial charge in [-0.25, -0.2) is 4.98 Å². The van der Waals surface area contributed by atoms with Crippen LogP contribution < -0.4 is 10.6 Å². The second-order valence-corrected chi connectivity index (χ2v) is 7.23. The second kappa shape index (κ2) is 8.20. The van der Waals surface area contributed by atoms with Crippen LogP contribution in [-0.4, -0.2) is 4.98 Å². The van der Waals surface area contributed by atoms with Crippen LogP contribution in [0.5, 0.6) is 0 Å². The van der Waals surface area contributed by atoms with Gasteiger partial charge in [0.2, 0.25) is 0 Å². The van der Waals surface area contributed by atoms with Gasteiger partial charge in [0, 0.05) is 17.6 Å². The zero-order valence-corrected chi connectivity index (χ0v) is 15.9. The third-order valence-corrected chi connectivity index (χ3v) is 5.11. The Labute approximate surface area is 162 Å². The monoisotopic (exact) mass is 375 g/mol. The number of anilines is 2. The number of aryl methyl sites for hydroxylation is 1.